The van der Waals surface area contributed by atoms with Gasteiger partial charge in [-0.2, -0.15) is 5.26 Å². The van der Waals surface area contributed by atoms with Gasteiger partial charge in [-0.05, 0) is 18.8 Å². The molecule has 2 rings (SSSR count). The summed E-state index contributed by atoms with van der Waals surface area (Å²) in [4.78, 5) is 2.11. The van der Waals surface area contributed by atoms with E-state index in [9.17, 15) is 0 Å². The van der Waals surface area contributed by atoms with Crippen molar-refractivity contribution in [2.75, 3.05) is 13.1 Å². The van der Waals surface area contributed by atoms with Crippen LogP contribution in [-0.4, -0.2) is 35.2 Å². The van der Waals surface area contributed by atoms with Crippen LogP contribution >= 0.6 is 0 Å². The summed E-state index contributed by atoms with van der Waals surface area (Å²) in [6.07, 6.45) is 4.77. The van der Waals surface area contributed by atoms with Gasteiger partial charge in [0.15, 0.2) is 0 Å². The average Bonchev–Trinajstić information content (AvgIpc) is 2.55. The molecule has 0 bridgehead atoms. The molecule has 72 valence electrons. The first-order chi connectivity index (χ1) is 6.31. The molecule has 0 aromatic rings. The Morgan fingerprint density at radius 2 is 1.92 bits per heavy atom. The van der Waals surface area contributed by atoms with Crippen LogP contribution in [-0.2, 0) is 0 Å². The van der Waals surface area contributed by atoms with Gasteiger partial charge >= 0.3 is 0 Å². The molecule has 0 radical (unpaired) electrons. The van der Waals surface area contributed by atoms with Gasteiger partial charge in [-0.1, -0.05) is 12.8 Å². The summed E-state index contributed by atoms with van der Waals surface area (Å²) in [5, 5.41) is 18.2. The number of β-amino-alcohol motifs (C(OH)–C–C–N with tert-alkyl or cyclic N) is 1. The van der Waals surface area contributed by atoms with E-state index < -0.39 is 0 Å². The summed E-state index contributed by atoms with van der Waals surface area (Å²) in [6, 6.07) is 2.46. The van der Waals surface area contributed by atoms with Crippen LogP contribution < -0.4 is 0 Å². The molecule has 0 unspecified atom stereocenters. The number of hydrogen-bond acceptors (Lipinski definition) is 3. The highest BCUT2D eigenvalue weighted by atomic mass is 16.3. The molecule has 0 amide bonds. The summed E-state index contributed by atoms with van der Waals surface area (Å²) < 4.78 is 0. The minimum absolute atomic E-state index is 0.0749. The lowest BCUT2D eigenvalue weighted by Gasteiger charge is -2.41. The fraction of sp³-hybridized carbons (Fsp3) is 0.900. The monoisotopic (exact) mass is 180 g/mol. The molecular formula is C10H16N2O. The average molecular weight is 180 g/mol. The Hall–Kier alpha value is -0.590. The van der Waals surface area contributed by atoms with Crippen LogP contribution in [0.15, 0.2) is 0 Å². The second kappa shape index (κ2) is 3.65. The van der Waals surface area contributed by atoms with Crippen molar-refractivity contribution in [1.82, 2.24) is 4.90 Å². The number of rotatable bonds is 2. The summed E-state index contributed by atoms with van der Waals surface area (Å²) in [5.74, 6) is 0.567. The topological polar surface area (TPSA) is 47.3 Å². The van der Waals surface area contributed by atoms with Crippen molar-refractivity contribution in [2.24, 2.45) is 5.92 Å². The van der Waals surface area contributed by atoms with E-state index in [2.05, 4.69) is 11.0 Å². The van der Waals surface area contributed by atoms with Crippen LogP contribution in [0.5, 0.6) is 0 Å². The lowest BCUT2D eigenvalue weighted by atomic mass is 9.94. The molecule has 13 heavy (non-hydrogen) atoms. The number of nitriles is 1. The molecule has 0 spiro atoms. The lowest BCUT2D eigenvalue weighted by Crippen LogP contribution is -2.56. The first-order valence-electron chi connectivity index (χ1n) is 5.13. The van der Waals surface area contributed by atoms with Crippen LogP contribution in [0.4, 0.5) is 0 Å². The van der Waals surface area contributed by atoms with Gasteiger partial charge in [0.05, 0.1) is 12.2 Å². The fourth-order valence-electron chi connectivity index (χ4n) is 2.47. The van der Waals surface area contributed by atoms with Crippen molar-refractivity contribution in [3.63, 3.8) is 0 Å². The molecule has 1 aliphatic heterocycles. The zero-order valence-corrected chi connectivity index (χ0v) is 7.82. The van der Waals surface area contributed by atoms with Crippen molar-refractivity contribution in [3.05, 3.63) is 0 Å². The summed E-state index contributed by atoms with van der Waals surface area (Å²) in [7, 11) is 0. The number of aliphatic hydroxyl groups is 1. The molecule has 1 N–H and O–H groups in total. The normalized spacial score (nSPS) is 28.3. The number of hydrogen-bond donors (Lipinski definition) is 1. The van der Waals surface area contributed by atoms with E-state index in [4.69, 9.17) is 10.4 Å². The lowest BCUT2D eigenvalue weighted by molar-refractivity contribution is -0.0240. The third kappa shape index (κ3) is 1.70. The first kappa shape index (κ1) is 8.98. The van der Waals surface area contributed by atoms with E-state index in [0.29, 0.717) is 19.0 Å². The first-order valence-corrected chi connectivity index (χ1v) is 5.13. The summed E-state index contributed by atoms with van der Waals surface area (Å²) in [6.45, 7) is 1.41. The third-order valence-corrected chi connectivity index (χ3v) is 3.26. The van der Waals surface area contributed by atoms with Crippen molar-refractivity contribution in [2.45, 2.75) is 37.8 Å². The molecule has 0 aromatic carbocycles. The molecule has 2 fully saturated rings. The largest absolute Gasteiger partial charge is 0.390 e. The maximum absolute atomic E-state index is 9.15. The van der Waals surface area contributed by atoms with Gasteiger partial charge in [-0.25, -0.2) is 0 Å². The van der Waals surface area contributed by atoms with Crippen LogP contribution in [0, 0.1) is 17.2 Å². The third-order valence-electron chi connectivity index (χ3n) is 3.26. The van der Waals surface area contributed by atoms with Crippen LogP contribution in [0.3, 0.4) is 0 Å². The van der Waals surface area contributed by atoms with Gasteiger partial charge in [0.1, 0.15) is 6.04 Å². The molecule has 1 saturated heterocycles. The molecule has 2 aliphatic rings. The zero-order valence-electron chi connectivity index (χ0n) is 7.82. The van der Waals surface area contributed by atoms with Crippen LogP contribution in [0.2, 0.25) is 0 Å². The second-order valence-electron chi connectivity index (χ2n) is 4.23. The van der Waals surface area contributed by atoms with Crippen molar-refractivity contribution >= 4 is 0 Å². The van der Waals surface area contributed by atoms with E-state index in [-0.39, 0.29) is 12.1 Å². The summed E-state index contributed by atoms with van der Waals surface area (Å²) in [5.41, 5.74) is 0. The molecular weight excluding hydrogens is 164 g/mol. The Morgan fingerprint density at radius 3 is 2.38 bits per heavy atom. The van der Waals surface area contributed by atoms with Gasteiger partial charge in [0.2, 0.25) is 0 Å². The van der Waals surface area contributed by atoms with Crippen LogP contribution in [0.1, 0.15) is 25.7 Å². The van der Waals surface area contributed by atoms with E-state index in [0.717, 1.165) is 0 Å². The Kier molecular flexibility index (Phi) is 2.52. The molecule has 1 saturated carbocycles. The minimum atomic E-state index is -0.183. The van der Waals surface area contributed by atoms with Gasteiger partial charge in [0, 0.05) is 13.1 Å². The Labute approximate surface area is 79.0 Å². The Bertz CT molecular complexity index is 211. The standard InChI is InChI=1S/C10H16N2O/c11-5-10(8-3-1-2-4-8)12-6-9(13)7-12/h8-10,13H,1-4,6-7H2/t10-/m1/s1. The molecule has 1 heterocycles. The Balaban J connectivity index is 1.90. The van der Waals surface area contributed by atoms with Crippen LogP contribution in [0.25, 0.3) is 0 Å². The highest BCUT2D eigenvalue weighted by Gasteiger charge is 2.36. The zero-order chi connectivity index (χ0) is 9.26. The van der Waals surface area contributed by atoms with E-state index in [1.54, 1.807) is 0 Å². The van der Waals surface area contributed by atoms with Crippen molar-refractivity contribution in [1.29, 1.82) is 5.26 Å². The number of aliphatic hydroxyl groups excluding tert-OH is 1. The molecule has 1 atom stereocenters. The van der Waals surface area contributed by atoms with Crippen molar-refractivity contribution < 1.29 is 5.11 Å². The predicted molar refractivity (Wildman–Crippen MR) is 48.9 cm³/mol. The maximum atomic E-state index is 9.15. The maximum Gasteiger partial charge on any atom is 0.101 e. The molecule has 3 heteroatoms. The quantitative estimate of drug-likeness (QED) is 0.682. The Morgan fingerprint density at radius 1 is 1.31 bits per heavy atom. The highest BCUT2D eigenvalue weighted by Crippen LogP contribution is 2.31. The smallest absolute Gasteiger partial charge is 0.101 e. The van der Waals surface area contributed by atoms with Gasteiger partial charge in [0.25, 0.3) is 0 Å². The van der Waals surface area contributed by atoms with Gasteiger partial charge in [-0.3, -0.25) is 4.90 Å². The highest BCUT2D eigenvalue weighted by molar-refractivity contribution is 5.02. The number of nitrogens with zero attached hydrogens (tertiary/aromatic N) is 2. The summed E-state index contributed by atoms with van der Waals surface area (Å²) >= 11 is 0. The molecule has 1 aliphatic carbocycles. The molecule has 0 aromatic heterocycles. The fourth-order valence-corrected chi connectivity index (χ4v) is 2.47. The van der Waals surface area contributed by atoms with Crippen molar-refractivity contribution in [3.8, 4) is 6.07 Å². The molecule has 3 nitrogen and oxygen atoms in total. The number of likely N-dealkylation sites (tertiary alicyclic amines) is 1. The minimum Gasteiger partial charge on any atom is -0.390 e. The van der Waals surface area contributed by atoms with Gasteiger partial charge < -0.3 is 5.11 Å². The van der Waals surface area contributed by atoms with Gasteiger partial charge in [-0.15, -0.1) is 0 Å². The predicted octanol–water partition coefficient (Wildman–Crippen LogP) is 0.745. The second-order valence-corrected chi connectivity index (χ2v) is 4.23. The SMILES string of the molecule is N#C[C@H](C1CCCC1)N1CC(O)C1. The van der Waals surface area contributed by atoms with E-state index >= 15 is 0 Å². The van der Waals surface area contributed by atoms with E-state index in [1.165, 1.54) is 25.7 Å². The van der Waals surface area contributed by atoms with E-state index in [1.807, 2.05) is 0 Å².